The maximum atomic E-state index is 13.0. The van der Waals surface area contributed by atoms with Gasteiger partial charge in [0.05, 0.1) is 29.5 Å². The van der Waals surface area contributed by atoms with Crippen LogP contribution < -0.4 is 21.3 Å². The summed E-state index contributed by atoms with van der Waals surface area (Å²) in [6, 6.07) is 2.54. The van der Waals surface area contributed by atoms with E-state index < -0.39 is 29.6 Å². The lowest BCUT2D eigenvalue weighted by Crippen LogP contribution is -2.46. The molecule has 1 fully saturated rings. The van der Waals surface area contributed by atoms with Gasteiger partial charge in [0.1, 0.15) is 0 Å². The van der Waals surface area contributed by atoms with Crippen LogP contribution in [0.3, 0.4) is 0 Å². The smallest absolute Gasteiger partial charge is 0.370 e. The van der Waals surface area contributed by atoms with Crippen LogP contribution >= 0.6 is 24.8 Å². The predicted molar refractivity (Wildman–Crippen MR) is 112 cm³/mol. The van der Waals surface area contributed by atoms with Crippen LogP contribution in [0.5, 0.6) is 0 Å². The molecule has 4 N–H and O–H groups in total. The molecule has 2 rings (SSSR count). The van der Waals surface area contributed by atoms with Gasteiger partial charge in [-0.05, 0) is 37.0 Å². The van der Waals surface area contributed by atoms with Crippen molar-refractivity contribution >= 4 is 48.0 Å². The standard InChI is InChI=1S/C18H25F3N4O2.2ClH/c1-11(2)16(22)17(27)23-10-15(26)24-13-9-12(18(19,20)21)5-6-14(13)25-7-3-4-8-25;;/h5-6,9,11,16H,3-4,7-8,10,22H2,1-2H3,(H,23,27)(H,24,26);2*1H/t16-;;/m0../s1. The number of benzene rings is 1. The molecule has 2 amide bonds. The van der Waals surface area contributed by atoms with Crippen molar-refractivity contribution in [3.63, 3.8) is 0 Å². The van der Waals surface area contributed by atoms with Crippen molar-refractivity contribution in [2.75, 3.05) is 29.9 Å². The van der Waals surface area contributed by atoms with E-state index >= 15 is 0 Å². The number of hydrogen-bond acceptors (Lipinski definition) is 4. The summed E-state index contributed by atoms with van der Waals surface area (Å²) in [5, 5.41) is 4.89. The monoisotopic (exact) mass is 458 g/mol. The minimum atomic E-state index is -4.51. The molecule has 1 saturated heterocycles. The molecule has 1 aliphatic heterocycles. The number of anilines is 2. The molecule has 1 aliphatic rings. The Hall–Kier alpha value is -1.71. The van der Waals surface area contributed by atoms with Gasteiger partial charge in [0.2, 0.25) is 11.8 Å². The highest BCUT2D eigenvalue weighted by Gasteiger charge is 2.32. The first-order valence-electron chi connectivity index (χ1n) is 8.89. The SMILES string of the molecule is CC(C)[C@H](N)C(=O)NCC(=O)Nc1cc(C(F)(F)F)ccc1N1CCCC1.Cl.Cl. The van der Waals surface area contributed by atoms with Gasteiger partial charge < -0.3 is 21.3 Å². The lowest BCUT2D eigenvalue weighted by molar-refractivity contribution is -0.137. The molecule has 11 heteroatoms. The van der Waals surface area contributed by atoms with Gasteiger partial charge in [0, 0.05) is 13.1 Å². The first-order chi connectivity index (χ1) is 12.6. The second-order valence-corrected chi connectivity index (χ2v) is 6.96. The Bertz CT molecular complexity index is 696. The quantitative estimate of drug-likeness (QED) is 0.610. The van der Waals surface area contributed by atoms with E-state index in [2.05, 4.69) is 10.6 Å². The molecular weight excluding hydrogens is 432 g/mol. The fourth-order valence-corrected chi connectivity index (χ4v) is 2.83. The van der Waals surface area contributed by atoms with Crippen LogP contribution in [0.2, 0.25) is 0 Å². The molecule has 0 aliphatic carbocycles. The van der Waals surface area contributed by atoms with Crippen molar-refractivity contribution in [2.24, 2.45) is 11.7 Å². The van der Waals surface area contributed by atoms with E-state index in [1.54, 1.807) is 13.8 Å². The highest BCUT2D eigenvalue weighted by atomic mass is 35.5. The second-order valence-electron chi connectivity index (χ2n) is 6.96. The number of carbonyl (C=O) groups is 2. The number of amides is 2. The predicted octanol–water partition coefficient (Wildman–Crippen LogP) is 3.19. The Labute approximate surface area is 180 Å². The van der Waals surface area contributed by atoms with Gasteiger partial charge in [0.15, 0.2) is 0 Å². The van der Waals surface area contributed by atoms with Crippen molar-refractivity contribution in [2.45, 2.75) is 38.9 Å². The second kappa shape index (κ2) is 11.5. The molecule has 0 spiro atoms. The first kappa shape index (κ1) is 27.3. The summed E-state index contributed by atoms with van der Waals surface area (Å²) in [5.74, 6) is -1.19. The number of rotatable bonds is 6. The summed E-state index contributed by atoms with van der Waals surface area (Å²) >= 11 is 0. The number of nitrogens with one attached hydrogen (secondary N) is 2. The summed E-state index contributed by atoms with van der Waals surface area (Å²) in [6.07, 6.45) is -2.63. The zero-order chi connectivity index (χ0) is 20.2. The Morgan fingerprint density at radius 2 is 1.76 bits per heavy atom. The van der Waals surface area contributed by atoms with Crippen molar-refractivity contribution < 1.29 is 22.8 Å². The molecule has 1 aromatic carbocycles. The van der Waals surface area contributed by atoms with Gasteiger partial charge in [-0.2, -0.15) is 13.2 Å². The maximum absolute atomic E-state index is 13.0. The molecule has 166 valence electrons. The van der Waals surface area contributed by atoms with Crippen LogP contribution in [0.25, 0.3) is 0 Å². The van der Waals surface area contributed by atoms with Crippen LogP contribution in [0, 0.1) is 5.92 Å². The summed E-state index contributed by atoms with van der Waals surface area (Å²) in [5.41, 5.74) is 5.48. The first-order valence-corrected chi connectivity index (χ1v) is 8.89. The van der Waals surface area contributed by atoms with Crippen LogP contribution in [0.15, 0.2) is 18.2 Å². The minimum absolute atomic E-state index is 0. The van der Waals surface area contributed by atoms with Crippen LogP contribution in [0.1, 0.15) is 32.3 Å². The number of hydrogen-bond donors (Lipinski definition) is 3. The number of alkyl halides is 3. The van der Waals surface area contributed by atoms with E-state index in [0.717, 1.165) is 25.0 Å². The highest BCUT2D eigenvalue weighted by molar-refractivity contribution is 5.98. The lowest BCUT2D eigenvalue weighted by Gasteiger charge is -2.23. The normalized spacial score (nSPS) is 14.7. The van der Waals surface area contributed by atoms with Crippen molar-refractivity contribution in [1.82, 2.24) is 5.32 Å². The van der Waals surface area contributed by atoms with Gasteiger partial charge in [-0.15, -0.1) is 24.8 Å². The molecule has 0 aromatic heterocycles. The van der Waals surface area contributed by atoms with E-state index in [-0.39, 0.29) is 43.0 Å². The molecule has 1 atom stereocenters. The molecule has 1 heterocycles. The molecule has 0 saturated carbocycles. The minimum Gasteiger partial charge on any atom is -0.370 e. The van der Waals surface area contributed by atoms with Crippen molar-refractivity contribution in [3.05, 3.63) is 23.8 Å². The highest BCUT2D eigenvalue weighted by Crippen LogP contribution is 2.36. The van der Waals surface area contributed by atoms with E-state index in [0.29, 0.717) is 18.8 Å². The van der Waals surface area contributed by atoms with E-state index in [1.165, 1.54) is 6.07 Å². The number of nitrogens with two attached hydrogens (primary N) is 1. The Kier molecular flexibility index (Phi) is 10.8. The summed E-state index contributed by atoms with van der Waals surface area (Å²) < 4.78 is 39.1. The summed E-state index contributed by atoms with van der Waals surface area (Å²) in [4.78, 5) is 25.9. The third-order valence-corrected chi connectivity index (χ3v) is 4.49. The third kappa shape index (κ3) is 7.56. The summed E-state index contributed by atoms with van der Waals surface area (Å²) in [7, 11) is 0. The van der Waals surface area contributed by atoms with Crippen LogP contribution in [-0.2, 0) is 15.8 Å². The Balaban J connectivity index is 0.00000392. The number of halogens is 5. The fourth-order valence-electron chi connectivity index (χ4n) is 2.83. The van der Waals surface area contributed by atoms with Crippen molar-refractivity contribution in [1.29, 1.82) is 0 Å². The molecular formula is C18H27Cl2F3N4O2. The molecule has 0 unspecified atom stereocenters. The topological polar surface area (TPSA) is 87.5 Å². The maximum Gasteiger partial charge on any atom is 0.416 e. The van der Waals surface area contributed by atoms with Gasteiger partial charge in [-0.3, -0.25) is 9.59 Å². The molecule has 1 aromatic rings. The Morgan fingerprint density at radius 3 is 2.28 bits per heavy atom. The molecule has 0 radical (unpaired) electrons. The number of nitrogens with zero attached hydrogens (tertiary/aromatic N) is 1. The summed E-state index contributed by atoms with van der Waals surface area (Å²) in [6.45, 7) is 4.61. The fraction of sp³-hybridized carbons (Fsp3) is 0.556. The molecule has 6 nitrogen and oxygen atoms in total. The molecule has 29 heavy (non-hydrogen) atoms. The van der Waals surface area contributed by atoms with E-state index in [1.807, 2.05) is 4.90 Å². The van der Waals surface area contributed by atoms with Gasteiger partial charge in [-0.25, -0.2) is 0 Å². The third-order valence-electron chi connectivity index (χ3n) is 4.49. The molecule has 0 bridgehead atoms. The average Bonchev–Trinajstić information content (AvgIpc) is 3.12. The number of carbonyl (C=O) groups excluding carboxylic acids is 2. The zero-order valence-electron chi connectivity index (χ0n) is 16.2. The average molecular weight is 459 g/mol. The largest absolute Gasteiger partial charge is 0.416 e. The van der Waals surface area contributed by atoms with Gasteiger partial charge >= 0.3 is 6.18 Å². The van der Waals surface area contributed by atoms with E-state index in [4.69, 9.17) is 5.73 Å². The lowest BCUT2D eigenvalue weighted by atomic mass is 10.1. The van der Waals surface area contributed by atoms with Gasteiger partial charge in [-0.1, -0.05) is 13.8 Å². The van der Waals surface area contributed by atoms with Crippen LogP contribution in [-0.4, -0.2) is 37.5 Å². The Morgan fingerprint density at radius 1 is 1.17 bits per heavy atom. The van der Waals surface area contributed by atoms with Crippen LogP contribution in [0.4, 0.5) is 24.5 Å². The van der Waals surface area contributed by atoms with Gasteiger partial charge in [0.25, 0.3) is 0 Å². The van der Waals surface area contributed by atoms with E-state index in [9.17, 15) is 22.8 Å². The van der Waals surface area contributed by atoms with Crippen molar-refractivity contribution in [3.8, 4) is 0 Å². The zero-order valence-corrected chi connectivity index (χ0v) is 17.8.